The molecule has 1 saturated heterocycles. The highest BCUT2D eigenvalue weighted by Crippen LogP contribution is 2.36. The van der Waals surface area contributed by atoms with Crippen LogP contribution in [0.25, 0.3) is 0 Å². The van der Waals surface area contributed by atoms with E-state index in [1.54, 1.807) is 0 Å². The minimum atomic E-state index is -4.77. The number of allylic oxidation sites excluding steroid dienone is 7. The van der Waals surface area contributed by atoms with Gasteiger partial charge in [0.15, 0.2) is 6.10 Å². The number of hydrogen-bond acceptors (Lipinski definition) is 7. The maximum absolute atomic E-state index is 12.3. The fourth-order valence-corrected chi connectivity index (χ4v) is 5.27. The van der Waals surface area contributed by atoms with Gasteiger partial charge in [0.1, 0.15) is 6.61 Å². The number of epoxide rings is 1. The molecule has 0 radical (unpaired) electrons. The van der Waals surface area contributed by atoms with E-state index >= 15 is 0 Å². The monoisotopic (exact) mass is 682 g/mol. The van der Waals surface area contributed by atoms with Crippen molar-refractivity contribution in [1.29, 1.82) is 0 Å². The second kappa shape index (κ2) is 28.9. The zero-order valence-corrected chi connectivity index (χ0v) is 30.0. The molecule has 1 heterocycles. The van der Waals surface area contributed by atoms with Crippen molar-refractivity contribution in [2.75, 3.05) is 13.2 Å². The van der Waals surface area contributed by atoms with Crippen LogP contribution < -0.4 is 0 Å². The summed E-state index contributed by atoms with van der Waals surface area (Å²) in [5, 5.41) is 0. The van der Waals surface area contributed by atoms with Crippen molar-refractivity contribution < 1.29 is 42.7 Å². The van der Waals surface area contributed by atoms with E-state index in [2.05, 4.69) is 67.0 Å². The fraction of sp³-hybridized carbons (Fsp3) is 0.730. The highest BCUT2D eigenvalue weighted by Gasteiger charge is 2.36. The molecule has 0 bridgehead atoms. The SMILES string of the molecule is CCCC/C=C\CCCCCCCC(=O)O[C@H](COC(=O)CCCC1OC1C/C=C\C/C=C\C/C=C\CCCCC)COP(=O)(O)O. The summed E-state index contributed by atoms with van der Waals surface area (Å²) in [4.78, 5) is 42.7. The van der Waals surface area contributed by atoms with Crippen LogP contribution in [0.15, 0.2) is 48.6 Å². The van der Waals surface area contributed by atoms with Gasteiger partial charge < -0.3 is 24.0 Å². The van der Waals surface area contributed by atoms with Crippen molar-refractivity contribution in [2.24, 2.45) is 0 Å². The van der Waals surface area contributed by atoms with Gasteiger partial charge in [-0.15, -0.1) is 0 Å². The molecule has 9 nitrogen and oxygen atoms in total. The lowest BCUT2D eigenvalue weighted by Gasteiger charge is -2.18. The number of phosphoric ester groups is 1. The van der Waals surface area contributed by atoms with E-state index in [9.17, 15) is 14.2 Å². The van der Waals surface area contributed by atoms with Crippen LogP contribution in [0, 0.1) is 0 Å². The summed E-state index contributed by atoms with van der Waals surface area (Å²) in [6.07, 6.45) is 35.7. The van der Waals surface area contributed by atoms with Gasteiger partial charge in [-0.2, -0.15) is 0 Å². The van der Waals surface area contributed by atoms with Crippen LogP contribution in [0.4, 0.5) is 0 Å². The lowest BCUT2D eigenvalue weighted by Crippen LogP contribution is -2.29. The van der Waals surface area contributed by atoms with E-state index in [-0.39, 0.29) is 31.7 Å². The van der Waals surface area contributed by atoms with Gasteiger partial charge in [0.05, 0.1) is 18.8 Å². The van der Waals surface area contributed by atoms with E-state index in [0.717, 1.165) is 64.2 Å². The van der Waals surface area contributed by atoms with Gasteiger partial charge >= 0.3 is 19.8 Å². The number of phosphoric acid groups is 1. The quantitative estimate of drug-likeness (QED) is 0.0241. The molecule has 0 aromatic carbocycles. The summed E-state index contributed by atoms with van der Waals surface area (Å²) in [5.41, 5.74) is 0. The standard InChI is InChI=1S/C37H63O9P/c1-3-5-7-9-11-13-15-17-18-20-22-24-27-34-35(46-34)28-26-30-36(38)43-31-33(32-44-47(40,41)42)45-37(39)29-25-23-21-19-16-14-12-10-8-6-4-2/h10-13,17-18,22,24,33-35H,3-9,14-16,19-21,23,25-32H2,1-2H3,(H2,40,41,42)/b12-10-,13-11-,18-17-,24-22-/t33-,34?,35?/m1/s1. The highest BCUT2D eigenvalue weighted by molar-refractivity contribution is 7.46. The highest BCUT2D eigenvalue weighted by atomic mass is 31.2. The van der Waals surface area contributed by atoms with Crippen LogP contribution in [-0.2, 0) is 32.9 Å². The predicted octanol–water partition coefficient (Wildman–Crippen LogP) is 9.38. The molecule has 2 N–H and O–H groups in total. The summed E-state index contributed by atoms with van der Waals surface area (Å²) < 4.78 is 31.9. The maximum atomic E-state index is 12.3. The van der Waals surface area contributed by atoms with Gasteiger partial charge in [0.2, 0.25) is 0 Å². The van der Waals surface area contributed by atoms with Crippen LogP contribution in [-0.4, -0.2) is 53.3 Å². The van der Waals surface area contributed by atoms with Gasteiger partial charge in [-0.3, -0.25) is 14.1 Å². The Morgan fingerprint density at radius 1 is 0.681 bits per heavy atom. The maximum Gasteiger partial charge on any atom is 0.469 e. The molecule has 1 aliphatic heterocycles. The Bertz CT molecular complexity index is 969. The van der Waals surface area contributed by atoms with Crippen LogP contribution in [0.1, 0.15) is 142 Å². The first-order valence-corrected chi connectivity index (χ1v) is 19.6. The molecule has 0 aromatic rings. The molecular formula is C37H63O9P. The number of rotatable bonds is 31. The molecule has 0 saturated carbocycles. The van der Waals surface area contributed by atoms with Crippen LogP contribution in [0.5, 0.6) is 0 Å². The third kappa shape index (κ3) is 28.7. The molecule has 0 amide bonds. The summed E-state index contributed by atoms with van der Waals surface area (Å²) in [6.45, 7) is 3.52. The average Bonchev–Trinajstić information content (AvgIpc) is 3.79. The minimum absolute atomic E-state index is 0.138. The molecule has 1 rings (SSSR count). The number of carbonyl (C=O) groups excluding carboxylic acids is 2. The van der Waals surface area contributed by atoms with E-state index < -0.39 is 32.5 Å². The lowest BCUT2D eigenvalue weighted by atomic mass is 10.1. The van der Waals surface area contributed by atoms with Crippen molar-refractivity contribution >= 4 is 19.8 Å². The van der Waals surface area contributed by atoms with Crippen molar-refractivity contribution in [3.8, 4) is 0 Å². The molecule has 10 heteroatoms. The first-order chi connectivity index (χ1) is 22.7. The fourth-order valence-electron chi connectivity index (χ4n) is 4.91. The number of hydrogen-bond donors (Lipinski definition) is 2. The summed E-state index contributed by atoms with van der Waals surface area (Å²) in [7, 11) is -4.77. The first kappa shape index (κ1) is 43.0. The Labute approximate surface area is 284 Å². The molecule has 1 aliphatic rings. The van der Waals surface area contributed by atoms with Gasteiger partial charge in [0.25, 0.3) is 0 Å². The number of carbonyl (C=O) groups is 2. The molecule has 0 spiro atoms. The topological polar surface area (TPSA) is 132 Å². The van der Waals surface area contributed by atoms with Crippen molar-refractivity contribution in [2.45, 2.75) is 161 Å². The Morgan fingerprint density at radius 3 is 1.96 bits per heavy atom. The Morgan fingerprint density at radius 2 is 1.26 bits per heavy atom. The van der Waals surface area contributed by atoms with Crippen LogP contribution >= 0.6 is 7.82 Å². The number of esters is 2. The average molecular weight is 683 g/mol. The molecule has 0 aromatic heterocycles. The molecule has 47 heavy (non-hydrogen) atoms. The lowest BCUT2D eigenvalue weighted by molar-refractivity contribution is -0.161. The second-order valence-corrected chi connectivity index (χ2v) is 13.5. The zero-order valence-electron chi connectivity index (χ0n) is 29.1. The van der Waals surface area contributed by atoms with Crippen LogP contribution in [0.2, 0.25) is 0 Å². The van der Waals surface area contributed by atoms with Crippen LogP contribution in [0.3, 0.4) is 0 Å². The largest absolute Gasteiger partial charge is 0.469 e. The molecule has 2 unspecified atom stereocenters. The Hall–Kier alpha value is -2.03. The molecule has 0 aliphatic carbocycles. The van der Waals surface area contributed by atoms with E-state index in [4.69, 9.17) is 24.0 Å². The third-order valence-electron chi connectivity index (χ3n) is 7.74. The van der Waals surface area contributed by atoms with Gasteiger partial charge in [0, 0.05) is 12.8 Å². The van der Waals surface area contributed by atoms with Gasteiger partial charge in [-0.05, 0) is 70.6 Å². The van der Waals surface area contributed by atoms with Gasteiger partial charge in [-0.1, -0.05) is 107 Å². The Kier molecular flexibility index (Phi) is 26.5. The predicted molar refractivity (Wildman–Crippen MR) is 188 cm³/mol. The molecule has 1 fully saturated rings. The van der Waals surface area contributed by atoms with Crippen molar-refractivity contribution in [3.05, 3.63) is 48.6 Å². The Balaban J connectivity index is 2.18. The second-order valence-electron chi connectivity index (χ2n) is 12.2. The molecule has 270 valence electrons. The normalized spacial score (nSPS) is 17.4. The summed E-state index contributed by atoms with van der Waals surface area (Å²) >= 11 is 0. The number of ether oxygens (including phenoxy) is 3. The van der Waals surface area contributed by atoms with E-state index in [0.29, 0.717) is 12.8 Å². The minimum Gasteiger partial charge on any atom is -0.462 e. The summed E-state index contributed by atoms with van der Waals surface area (Å²) in [5.74, 6) is -0.978. The van der Waals surface area contributed by atoms with Crippen molar-refractivity contribution in [1.82, 2.24) is 0 Å². The molecular weight excluding hydrogens is 619 g/mol. The first-order valence-electron chi connectivity index (χ1n) is 18.1. The number of unbranched alkanes of at least 4 members (excludes halogenated alkanes) is 10. The zero-order chi connectivity index (χ0) is 34.4. The van der Waals surface area contributed by atoms with Crippen molar-refractivity contribution in [3.63, 3.8) is 0 Å². The molecule has 3 atom stereocenters. The van der Waals surface area contributed by atoms with E-state index in [1.807, 2.05) is 0 Å². The summed E-state index contributed by atoms with van der Waals surface area (Å²) in [6, 6.07) is 0. The third-order valence-corrected chi connectivity index (χ3v) is 8.23. The smallest absolute Gasteiger partial charge is 0.462 e. The van der Waals surface area contributed by atoms with Gasteiger partial charge in [-0.25, -0.2) is 4.57 Å². The van der Waals surface area contributed by atoms with E-state index in [1.165, 1.54) is 38.5 Å².